The van der Waals surface area contributed by atoms with Gasteiger partial charge < -0.3 is 15.7 Å². The van der Waals surface area contributed by atoms with E-state index in [4.69, 9.17) is 5.11 Å². The molecule has 0 heterocycles. The molecule has 1 fully saturated rings. The highest BCUT2D eigenvalue weighted by Crippen LogP contribution is 2.18. The fourth-order valence-corrected chi connectivity index (χ4v) is 2.61. The molecular weight excluding hydrogens is 240 g/mol. The number of amides is 1. The molecule has 19 heavy (non-hydrogen) atoms. The topological polar surface area (TPSA) is 61.4 Å². The van der Waals surface area contributed by atoms with Crippen molar-refractivity contribution >= 4 is 5.91 Å². The zero-order valence-corrected chi connectivity index (χ0v) is 12.5. The van der Waals surface area contributed by atoms with E-state index in [1.807, 2.05) is 0 Å². The molecule has 0 saturated heterocycles. The first-order valence-electron chi connectivity index (χ1n) is 7.64. The monoisotopic (exact) mass is 270 g/mol. The van der Waals surface area contributed by atoms with E-state index in [2.05, 4.69) is 24.5 Å². The standard InChI is InChI=1S/C15H30N2O2/c1-15(2,9-10-18)12-16-11-14(19)17-13-7-5-3-4-6-8-13/h13,16,18H,3-12H2,1-2H3,(H,17,19). The van der Waals surface area contributed by atoms with Crippen LogP contribution in [0, 0.1) is 5.41 Å². The van der Waals surface area contributed by atoms with E-state index in [1.165, 1.54) is 25.7 Å². The van der Waals surface area contributed by atoms with Crippen LogP contribution in [0.4, 0.5) is 0 Å². The molecule has 0 atom stereocenters. The Balaban J connectivity index is 2.16. The minimum atomic E-state index is 0.0390. The molecule has 1 rings (SSSR count). The molecule has 1 amide bonds. The highest BCUT2D eigenvalue weighted by Gasteiger charge is 2.18. The van der Waals surface area contributed by atoms with Gasteiger partial charge in [0, 0.05) is 19.2 Å². The fraction of sp³-hybridized carbons (Fsp3) is 0.933. The second-order valence-electron chi connectivity index (χ2n) is 6.50. The molecule has 0 radical (unpaired) electrons. The molecular formula is C15H30N2O2. The van der Waals surface area contributed by atoms with E-state index in [9.17, 15) is 4.79 Å². The highest BCUT2D eigenvalue weighted by molar-refractivity contribution is 5.78. The summed E-state index contributed by atoms with van der Waals surface area (Å²) in [5, 5.41) is 15.3. The lowest BCUT2D eigenvalue weighted by atomic mass is 9.90. The largest absolute Gasteiger partial charge is 0.396 e. The summed E-state index contributed by atoms with van der Waals surface area (Å²) in [5.41, 5.74) is 0.0390. The molecule has 1 aliphatic carbocycles. The molecule has 0 spiro atoms. The molecule has 0 aromatic heterocycles. The van der Waals surface area contributed by atoms with Crippen molar-refractivity contribution < 1.29 is 9.90 Å². The maximum atomic E-state index is 11.8. The second kappa shape index (κ2) is 8.54. The number of carbonyl (C=O) groups excluding carboxylic acids is 1. The first kappa shape index (κ1) is 16.4. The normalized spacial score (nSPS) is 18.1. The predicted molar refractivity (Wildman–Crippen MR) is 78.0 cm³/mol. The first-order valence-corrected chi connectivity index (χ1v) is 7.64. The number of carbonyl (C=O) groups is 1. The summed E-state index contributed by atoms with van der Waals surface area (Å²) in [6, 6.07) is 0.377. The lowest BCUT2D eigenvalue weighted by Gasteiger charge is -2.24. The third-order valence-electron chi connectivity index (χ3n) is 3.90. The van der Waals surface area contributed by atoms with E-state index in [0.717, 1.165) is 25.8 Å². The van der Waals surface area contributed by atoms with Gasteiger partial charge in [-0.1, -0.05) is 39.5 Å². The third-order valence-corrected chi connectivity index (χ3v) is 3.90. The number of nitrogens with one attached hydrogen (secondary N) is 2. The van der Waals surface area contributed by atoms with Crippen LogP contribution in [-0.2, 0) is 4.79 Å². The van der Waals surface area contributed by atoms with Gasteiger partial charge in [0.25, 0.3) is 0 Å². The minimum Gasteiger partial charge on any atom is -0.396 e. The summed E-state index contributed by atoms with van der Waals surface area (Å²) >= 11 is 0. The van der Waals surface area contributed by atoms with Crippen LogP contribution in [0.3, 0.4) is 0 Å². The van der Waals surface area contributed by atoms with Crippen molar-refractivity contribution in [3.05, 3.63) is 0 Å². The molecule has 3 N–H and O–H groups in total. The van der Waals surface area contributed by atoms with Gasteiger partial charge in [-0.2, -0.15) is 0 Å². The minimum absolute atomic E-state index is 0.0390. The van der Waals surface area contributed by atoms with Gasteiger partial charge in [0.2, 0.25) is 5.91 Å². The van der Waals surface area contributed by atoms with Crippen LogP contribution in [0.1, 0.15) is 58.8 Å². The number of aliphatic hydroxyl groups excluding tert-OH is 1. The van der Waals surface area contributed by atoms with E-state index < -0.39 is 0 Å². The van der Waals surface area contributed by atoms with E-state index in [-0.39, 0.29) is 17.9 Å². The molecule has 1 saturated carbocycles. The van der Waals surface area contributed by atoms with E-state index in [0.29, 0.717) is 12.6 Å². The first-order chi connectivity index (χ1) is 9.03. The van der Waals surface area contributed by atoms with Gasteiger partial charge in [0.1, 0.15) is 0 Å². The van der Waals surface area contributed by atoms with Gasteiger partial charge in [-0.3, -0.25) is 4.79 Å². The van der Waals surface area contributed by atoms with Crippen molar-refractivity contribution in [3.8, 4) is 0 Å². The Hall–Kier alpha value is -0.610. The van der Waals surface area contributed by atoms with Crippen LogP contribution >= 0.6 is 0 Å². The number of aliphatic hydroxyl groups is 1. The Bertz CT molecular complexity index is 259. The Kier molecular flexibility index (Phi) is 7.39. The van der Waals surface area contributed by atoms with Crippen LogP contribution in [-0.4, -0.2) is 36.8 Å². The molecule has 4 nitrogen and oxygen atoms in total. The maximum Gasteiger partial charge on any atom is 0.234 e. The molecule has 0 aliphatic heterocycles. The smallest absolute Gasteiger partial charge is 0.234 e. The summed E-state index contributed by atoms with van der Waals surface area (Å²) in [6.07, 6.45) is 8.09. The molecule has 4 heteroatoms. The van der Waals surface area contributed by atoms with Gasteiger partial charge in [-0.05, 0) is 24.7 Å². The molecule has 112 valence electrons. The summed E-state index contributed by atoms with van der Waals surface area (Å²) in [7, 11) is 0. The average molecular weight is 270 g/mol. The maximum absolute atomic E-state index is 11.8. The summed E-state index contributed by atoms with van der Waals surface area (Å²) in [6.45, 7) is 5.53. The van der Waals surface area contributed by atoms with Crippen molar-refractivity contribution in [1.29, 1.82) is 0 Å². The van der Waals surface area contributed by atoms with Crippen molar-refractivity contribution in [1.82, 2.24) is 10.6 Å². The van der Waals surface area contributed by atoms with Crippen LogP contribution < -0.4 is 10.6 Å². The van der Waals surface area contributed by atoms with Crippen molar-refractivity contribution in [2.75, 3.05) is 19.7 Å². The summed E-state index contributed by atoms with van der Waals surface area (Å²) in [4.78, 5) is 11.8. The van der Waals surface area contributed by atoms with Crippen LogP contribution in [0.5, 0.6) is 0 Å². The van der Waals surface area contributed by atoms with Crippen LogP contribution in [0.2, 0.25) is 0 Å². The Labute approximate surface area is 117 Å². The van der Waals surface area contributed by atoms with Gasteiger partial charge in [-0.25, -0.2) is 0 Å². The fourth-order valence-electron chi connectivity index (χ4n) is 2.61. The SMILES string of the molecule is CC(C)(CCO)CNCC(=O)NC1CCCCCC1. The Morgan fingerprint density at radius 2 is 1.84 bits per heavy atom. The third kappa shape index (κ3) is 7.53. The van der Waals surface area contributed by atoms with Crippen molar-refractivity contribution in [2.45, 2.75) is 64.8 Å². The van der Waals surface area contributed by atoms with E-state index >= 15 is 0 Å². The number of rotatable bonds is 7. The van der Waals surface area contributed by atoms with Crippen LogP contribution in [0.25, 0.3) is 0 Å². The summed E-state index contributed by atoms with van der Waals surface area (Å²) in [5.74, 6) is 0.103. The lowest BCUT2D eigenvalue weighted by Crippen LogP contribution is -2.42. The molecule has 1 aliphatic rings. The molecule has 0 aromatic rings. The zero-order chi connectivity index (χ0) is 14.1. The van der Waals surface area contributed by atoms with Gasteiger partial charge in [0.15, 0.2) is 0 Å². The second-order valence-corrected chi connectivity index (χ2v) is 6.50. The average Bonchev–Trinajstić information content (AvgIpc) is 2.57. The van der Waals surface area contributed by atoms with E-state index in [1.54, 1.807) is 0 Å². The van der Waals surface area contributed by atoms with Gasteiger partial charge in [0.05, 0.1) is 6.54 Å². The number of hydrogen-bond acceptors (Lipinski definition) is 3. The number of hydrogen-bond donors (Lipinski definition) is 3. The quantitative estimate of drug-likeness (QED) is 0.618. The van der Waals surface area contributed by atoms with Gasteiger partial charge in [-0.15, -0.1) is 0 Å². The molecule has 0 unspecified atom stereocenters. The zero-order valence-electron chi connectivity index (χ0n) is 12.5. The Morgan fingerprint density at radius 3 is 2.42 bits per heavy atom. The van der Waals surface area contributed by atoms with Crippen LogP contribution in [0.15, 0.2) is 0 Å². The molecule has 0 bridgehead atoms. The lowest BCUT2D eigenvalue weighted by molar-refractivity contribution is -0.121. The summed E-state index contributed by atoms with van der Waals surface area (Å²) < 4.78 is 0. The molecule has 0 aromatic carbocycles. The Morgan fingerprint density at radius 1 is 1.21 bits per heavy atom. The highest BCUT2D eigenvalue weighted by atomic mass is 16.3. The predicted octanol–water partition coefficient (Wildman–Crippen LogP) is 1.82. The van der Waals surface area contributed by atoms with Crippen molar-refractivity contribution in [2.24, 2.45) is 5.41 Å². The van der Waals surface area contributed by atoms with Gasteiger partial charge >= 0.3 is 0 Å². The van der Waals surface area contributed by atoms with Crippen molar-refractivity contribution in [3.63, 3.8) is 0 Å².